The Kier molecular flexibility index (Phi) is 7.80. The lowest BCUT2D eigenvalue weighted by Gasteiger charge is -2.51. The van der Waals surface area contributed by atoms with E-state index in [1.54, 1.807) is 7.11 Å². The first-order valence-corrected chi connectivity index (χ1v) is 10.3. The summed E-state index contributed by atoms with van der Waals surface area (Å²) in [6.07, 6.45) is 1.95. The second-order valence-corrected chi connectivity index (χ2v) is 9.96. The molecule has 1 heterocycles. The van der Waals surface area contributed by atoms with Gasteiger partial charge in [0.2, 0.25) is 0 Å². The molecule has 8 heteroatoms. The highest BCUT2D eigenvalue weighted by Gasteiger charge is 2.49. The SMILES string of the molecule is COC1CC(NC(=NCC2CCS(=O)(=O)C2)NC(C)C)C1(C)C.I. The van der Waals surface area contributed by atoms with Crippen LogP contribution in [0.5, 0.6) is 0 Å². The highest BCUT2D eigenvalue weighted by atomic mass is 127. The van der Waals surface area contributed by atoms with Crippen LogP contribution < -0.4 is 10.6 Å². The van der Waals surface area contributed by atoms with Crippen LogP contribution in [0.25, 0.3) is 0 Å². The largest absolute Gasteiger partial charge is 0.381 e. The Bertz CT molecular complexity index is 549. The third-order valence-electron chi connectivity index (χ3n) is 5.03. The van der Waals surface area contributed by atoms with Crippen molar-refractivity contribution in [1.82, 2.24) is 10.6 Å². The van der Waals surface area contributed by atoms with E-state index in [1.165, 1.54) is 0 Å². The first-order chi connectivity index (χ1) is 10.6. The molecule has 2 fully saturated rings. The molecule has 2 rings (SSSR count). The van der Waals surface area contributed by atoms with Crippen LogP contribution in [-0.4, -0.2) is 57.7 Å². The number of ether oxygens (including phenoxy) is 1. The zero-order valence-corrected chi connectivity index (χ0v) is 18.5. The molecule has 1 saturated carbocycles. The zero-order chi connectivity index (χ0) is 17.3. The van der Waals surface area contributed by atoms with E-state index >= 15 is 0 Å². The normalized spacial score (nSPS) is 31.2. The van der Waals surface area contributed by atoms with Crippen LogP contribution in [-0.2, 0) is 14.6 Å². The molecule has 0 radical (unpaired) electrons. The highest BCUT2D eigenvalue weighted by molar-refractivity contribution is 14.0. The quantitative estimate of drug-likeness (QED) is 0.362. The fraction of sp³-hybridized carbons (Fsp3) is 0.938. The monoisotopic (exact) mass is 473 g/mol. The summed E-state index contributed by atoms with van der Waals surface area (Å²) in [5.74, 6) is 1.49. The van der Waals surface area contributed by atoms with Gasteiger partial charge in [0.1, 0.15) is 0 Å². The van der Waals surface area contributed by atoms with Gasteiger partial charge in [0.05, 0.1) is 17.6 Å². The maximum Gasteiger partial charge on any atom is 0.191 e. The molecular formula is C16H32IN3O3S. The summed E-state index contributed by atoms with van der Waals surface area (Å²) in [4.78, 5) is 4.64. The highest BCUT2D eigenvalue weighted by Crippen LogP contribution is 2.42. The maximum absolute atomic E-state index is 11.6. The summed E-state index contributed by atoms with van der Waals surface area (Å²) in [6, 6.07) is 0.583. The van der Waals surface area contributed by atoms with Crippen molar-refractivity contribution in [3.8, 4) is 0 Å². The fourth-order valence-electron chi connectivity index (χ4n) is 3.34. The Hall–Kier alpha value is -0.0900. The number of halogens is 1. The zero-order valence-electron chi connectivity index (χ0n) is 15.3. The molecule has 0 spiro atoms. The second-order valence-electron chi connectivity index (χ2n) is 7.74. The molecule has 1 saturated heterocycles. The number of hydrogen-bond donors (Lipinski definition) is 2. The van der Waals surface area contributed by atoms with E-state index in [4.69, 9.17) is 4.74 Å². The number of sulfone groups is 1. The summed E-state index contributed by atoms with van der Waals surface area (Å²) < 4.78 is 28.6. The van der Waals surface area contributed by atoms with E-state index < -0.39 is 9.84 Å². The average molecular weight is 473 g/mol. The van der Waals surface area contributed by atoms with E-state index in [9.17, 15) is 8.42 Å². The molecule has 24 heavy (non-hydrogen) atoms. The van der Waals surface area contributed by atoms with Gasteiger partial charge in [-0.25, -0.2) is 8.42 Å². The molecule has 142 valence electrons. The number of hydrogen-bond acceptors (Lipinski definition) is 4. The van der Waals surface area contributed by atoms with E-state index in [0.717, 1.165) is 18.8 Å². The summed E-state index contributed by atoms with van der Waals surface area (Å²) in [5.41, 5.74) is 0.0604. The molecule has 0 aromatic heterocycles. The fourth-order valence-corrected chi connectivity index (χ4v) is 5.19. The molecule has 0 aromatic carbocycles. The molecule has 0 amide bonds. The molecule has 2 N–H and O–H groups in total. The summed E-state index contributed by atoms with van der Waals surface area (Å²) in [7, 11) is -1.08. The van der Waals surface area contributed by atoms with E-state index in [0.29, 0.717) is 18.3 Å². The Labute approximate surface area is 163 Å². The maximum atomic E-state index is 11.6. The van der Waals surface area contributed by atoms with Gasteiger partial charge >= 0.3 is 0 Å². The number of aliphatic imine (C=N–C) groups is 1. The molecular weight excluding hydrogens is 441 g/mol. The number of methoxy groups -OCH3 is 1. The van der Waals surface area contributed by atoms with Gasteiger partial charge in [-0.15, -0.1) is 24.0 Å². The van der Waals surface area contributed by atoms with Gasteiger partial charge in [-0.2, -0.15) is 0 Å². The van der Waals surface area contributed by atoms with Gasteiger partial charge < -0.3 is 15.4 Å². The lowest BCUT2D eigenvalue weighted by Crippen LogP contribution is -2.63. The van der Waals surface area contributed by atoms with E-state index in [-0.39, 0.29) is 53.2 Å². The van der Waals surface area contributed by atoms with Crippen molar-refractivity contribution in [3.05, 3.63) is 0 Å². The molecule has 1 aliphatic heterocycles. The van der Waals surface area contributed by atoms with Crippen LogP contribution in [0.2, 0.25) is 0 Å². The van der Waals surface area contributed by atoms with Crippen LogP contribution in [0.4, 0.5) is 0 Å². The first kappa shape index (κ1) is 22.0. The van der Waals surface area contributed by atoms with Crippen LogP contribution in [0.15, 0.2) is 4.99 Å². The van der Waals surface area contributed by atoms with Crippen molar-refractivity contribution in [3.63, 3.8) is 0 Å². The van der Waals surface area contributed by atoms with Crippen LogP contribution >= 0.6 is 24.0 Å². The minimum absolute atomic E-state index is 0. The van der Waals surface area contributed by atoms with Crippen LogP contribution in [0.3, 0.4) is 0 Å². The minimum Gasteiger partial charge on any atom is -0.381 e. The van der Waals surface area contributed by atoms with Gasteiger partial charge in [0, 0.05) is 31.2 Å². The van der Waals surface area contributed by atoms with Gasteiger partial charge in [0.25, 0.3) is 0 Å². The standard InChI is InChI=1S/C16H31N3O3S.HI/c1-11(2)18-15(17-9-12-6-7-23(20,21)10-12)19-13-8-14(22-5)16(13,3)4;/h11-14H,6-10H2,1-5H3,(H2,17,18,19);1H. The number of nitrogens with one attached hydrogen (secondary N) is 2. The van der Waals surface area contributed by atoms with Gasteiger partial charge in [0.15, 0.2) is 15.8 Å². The van der Waals surface area contributed by atoms with Crippen LogP contribution in [0, 0.1) is 11.3 Å². The molecule has 6 nitrogen and oxygen atoms in total. The number of guanidine groups is 1. The summed E-state index contributed by atoms with van der Waals surface area (Å²) in [5, 5.41) is 6.84. The molecule has 2 aliphatic rings. The third kappa shape index (κ3) is 5.45. The Morgan fingerprint density at radius 1 is 1.38 bits per heavy atom. The Morgan fingerprint density at radius 2 is 2.04 bits per heavy atom. The van der Waals surface area contributed by atoms with Gasteiger partial charge in [-0.1, -0.05) is 13.8 Å². The van der Waals surface area contributed by atoms with Crippen LogP contribution in [0.1, 0.15) is 40.5 Å². The van der Waals surface area contributed by atoms with E-state index in [1.807, 2.05) is 0 Å². The molecule has 0 aromatic rings. The lowest BCUT2D eigenvalue weighted by atomic mass is 9.64. The summed E-state index contributed by atoms with van der Waals surface area (Å²) >= 11 is 0. The molecule has 3 atom stereocenters. The minimum atomic E-state index is -2.84. The van der Waals surface area contributed by atoms with Crippen molar-refractivity contribution in [2.75, 3.05) is 25.2 Å². The van der Waals surface area contributed by atoms with E-state index in [2.05, 4.69) is 43.3 Å². The smallest absolute Gasteiger partial charge is 0.191 e. The summed E-state index contributed by atoms with van der Waals surface area (Å²) in [6.45, 7) is 9.09. The number of rotatable bonds is 5. The lowest BCUT2D eigenvalue weighted by molar-refractivity contribution is -0.0923. The predicted molar refractivity (Wildman–Crippen MR) is 109 cm³/mol. The third-order valence-corrected chi connectivity index (χ3v) is 6.87. The number of nitrogens with zero attached hydrogens (tertiary/aromatic N) is 1. The molecule has 0 bridgehead atoms. The van der Waals surface area contributed by atoms with Crippen molar-refractivity contribution in [2.24, 2.45) is 16.3 Å². The van der Waals surface area contributed by atoms with Gasteiger partial charge in [-0.3, -0.25) is 4.99 Å². The van der Waals surface area contributed by atoms with Gasteiger partial charge in [-0.05, 0) is 32.6 Å². The van der Waals surface area contributed by atoms with Crippen molar-refractivity contribution in [1.29, 1.82) is 0 Å². The Morgan fingerprint density at radius 3 is 2.50 bits per heavy atom. The Balaban J connectivity index is 0.00000288. The molecule has 3 unspecified atom stereocenters. The average Bonchev–Trinajstić information content (AvgIpc) is 2.78. The molecule has 1 aliphatic carbocycles. The van der Waals surface area contributed by atoms with Crippen molar-refractivity contribution < 1.29 is 13.2 Å². The topological polar surface area (TPSA) is 79.8 Å². The van der Waals surface area contributed by atoms with Crippen molar-refractivity contribution >= 4 is 39.8 Å². The predicted octanol–water partition coefficient (Wildman–Crippen LogP) is 1.80. The first-order valence-electron chi connectivity index (χ1n) is 8.45. The van der Waals surface area contributed by atoms with Crippen molar-refractivity contribution in [2.45, 2.75) is 58.7 Å². The second kappa shape index (κ2) is 8.53.